The molecule has 2 saturated heterocycles. The second-order valence-electron chi connectivity index (χ2n) is 33.5. The fraction of sp³-hybridized carbons (Fsp3) is 0.654. The molecule has 4 aromatic rings. The summed E-state index contributed by atoms with van der Waals surface area (Å²) in [6.45, 7) is 22.4. The Bertz CT molecular complexity index is 4420. The number of aromatic nitrogens is 4. The molecule has 4 bridgehead atoms. The molecule has 6 amide bonds. The second-order valence-corrected chi connectivity index (χ2v) is 37.4. The van der Waals surface area contributed by atoms with Gasteiger partial charge in [0, 0.05) is 25.2 Å². The topological polar surface area (TPSA) is 394 Å². The lowest BCUT2D eigenvalue weighted by Gasteiger charge is -2.35. The van der Waals surface area contributed by atoms with E-state index in [1.165, 1.54) is 9.80 Å². The Balaban J connectivity index is 0.000000234. The molecule has 6 aliphatic carbocycles. The molecule has 8 fully saturated rings. The summed E-state index contributed by atoms with van der Waals surface area (Å²) < 4.78 is 77.0. The molecule has 7 N–H and O–H groups in total. The number of aryl methyl sites for hydroxylation is 4. The fourth-order valence-electron chi connectivity index (χ4n) is 15.1. The highest BCUT2D eigenvalue weighted by Crippen LogP contribution is 2.57. The van der Waals surface area contributed by atoms with Crippen molar-refractivity contribution in [2.45, 2.75) is 285 Å². The van der Waals surface area contributed by atoms with Gasteiger partial charge in [0.1, 0.15) is 59.5 Å². The first-order chi connectivity index (χ1) is 50.5. The summed E-state index contributed by atoms with van der Waals surface area (Å²) >= 11 is 0. The number of carboxylic acid groups (broad SMARTS) is 1. The minimum Gasteiger partial charge on any atom is -0.480 e. The fourth-order valence-corrected chi connectivity index (χ4v) is 17.9. The second kappa shape index (κ2) is 34.5. The lowest BCUT2D eigenvalue weighted by Crippen LogP contribution is -2.57. The Morgan fingerprint density at radius 1 is 0.577 bits per heavy atom. The third-order valence-corrected chi connectivity index (χ3v) is 26.1. The minimum atomic E-state index is -3.85. The molecule has 111 heavy (non-hydrogen) atoms. The molecular formula is C81H119N11O17S2. The lowest BCUT2D eigenvalue weighted by atomic mass is 9.85. The van der Waals surface area contributed by atoms with Crippen molar-refractivity contribution in [1.29, 1.82) is 0 Å². The van der Waals surface area contributed by atoms with E-state index in [1.54, 1.807) is 12.2 Å². The number of ketones is 1. The molecule has 28 nitrogen and oxygen atoms in total. The Hall–Kier alpha value is -8.38. The average molecular weight is 1580 g/mol. The largest absolute Gasteiger partial charge is 0.480 e. The van der Waals surface area contributed by atoms with Gasteiger partial charge in [-0.2, -0.15) is 0 Å². The normalized spacial score (nSPS) is 29.3. The maximum atomic E-state index is 14.6. The highest BCUT2D eigenvalue weighted by Gasteiger charge is 2.62. The Labute approximate surface area is 654 Å². The van der Waals surface area contributed by atoms with Crippen LogP contribution in [0.15, 0.2) is 61.7 Å². The number of allylic oxidation sites excluding steroid dienone is 1. The monoisotopic (exact) mass is 1580 g/mol. The standard InChI is InChI=1S/C39H51N5O8S.C29H38N4O6.C9H14N2O3S.4CH4/c1-6-24-19-39(24,36(47)43-53(49,50)26-13-14-26)20-31(45)30-18-25-21-44(30)35(46)33(38(3,4)5)42-37(48)52-32-17-23(32)10-8-7-9-11-28-34(51-25)41-29-16-22(2)12-15-27(29)40-28;1-16-10-11-19-21(12-16)31-25-20(30-19)9-7-5-6-8-17-13-23(17)39-28(37)32-24(29(2,3)4)26(34)33-15-18(38-25)14-22(33)27(35)36;1-2-6-5-9(6,10)8(12)11-15(13,14)7-3-4-7;;;;/h6,12,15-16,23-26,30,32-33H,1,7-11,13-14,17-21H2,2-5H3,(H,42,48)(H,43,47);10-12,17-18,22-24H,5-9,13-15H2,1-4H3,(H,32,37)(H,35,36);2,6-7H,1,3-5,10H2,(H,11,12);4*1H4/t23-,24?,25?,30+,32-,33?,39-;17-,18?,22+,23-,24?;6-,9-;;;;/m111..../s1. The van der Waals surface area contributed by atoms with Gasteiger partial charge in [-0.3, -0.25) is 33.4 Å². The van der Waals surface area contributed by atoms with Crippen molar-refractivity contribution in [1.82, 2.24) is 49.8 Å². The zero-order valence-electron chi connectivity index (χ0n) is 62.4. The number of hydrogen-bond acceptors (Lipinski definition) is 21. The zero-order chi connectivity index (χ0) is 77.0. The maximum absolute atomic E-state index is 14.6. The van der Waals surface area contributed by atoms with Gasteiger partial charge < -0.3 is 50.2 Å². The van der Waals surface area contributed by atoms with Crippen LogP contribution >= 0.6 is 0 Å². The summed E-state index contributed by atoms with van der Waals surface area (Å²) in [6.07, 6.45) is 13.7. The van der Waals surface area contributed by atoms with E-state index in [1.807, 2.05) is 96.5 Å². The van der Waals surface area contributed by atoms with Crippen molar-refractivity contribution in [3.63, 3.8) is 0 Å². The van der Waals surface area contributed by atoms with Gasteiger partial charge in [-0.25, -0.2) is 51.2 Å². The van der Waals surface area contributed by atoms with E-state index in [4.69, 9.17) is 44.6 Å². The van der Waals surface area contributed by atoms with Crippen molar-refractivity contribution in [3.8, 4) is 11.8 Å². The molecule has 4 aliphatic heterocycles. The number of aliphatic carboxylic acids is 1. The van der Waals surface area contributed by atoms with Crippen LogP contribution in [0.3, 0.4) is 0 Å². The van der Waals surface area contributed by atoms with Gasteiger partial charge in [0.25, 0.3) is 5.91 Å². The van der Waals surface area contributed by atoms with Gasteiger partial charge in [0.2, 0.25) is 49.5 Å². The molecule has 10 aliphatic rings. The number of Topliss-reactive ketones (excluding diaryl/α,β-unsaturated/α-hetero) is 1. The van der Waals surface area contributed by atoms with Crippen molar-refractivity contribution < 1.29 is 79.2 Å². The van der Waals surface area contributed by atoms with E-state index in [-0.39, 0.29) is 92.5 Å². The van der Waals surface area contributed by atoms with E-state index in [0.717, 1.165) is 92.1 Å². The predicted octanol–water partition coefficient (Wildman–Crippen LogP) is 10.8. The van der Waals surface area contributed by atoms with Gasteiger partial charge in [-0.05, 0) is 168 Å². The molecule has 14 atom stereocenters. The van der Waals surface area contributed by atoms with Crippen molar-refractivity contribution in [2.24, 2.45) is 45.7 Å². The number of hydrogen-bond donors (Lipinski definition) is 6. The van der Waals surface area contributed by atoms with Gasteiger partial charge in [-0.1, -0.05) is 121 Å². The number of nitrogens with two attached hydrogens (primary N) is 1. The zero-order valence-corrected chi connectivity index (χ0v) is 64.1. The minimum absolute atomic E-state index is 0. The molecule has 0 spiro atoms. The highest BCUT2D eigenvalue weighted by molar-refractivity contribution is 7.91. The Morgan fingerprint density at radius 3 is 1.40 bits per heavy atom. The van der Waals surface area contributed by atoms with Gasteiger partial charge in [0.15, 0.2) is 5.78 Å². The molecule has 5 unspecified atom stereocenters. The average Bonchev–Trinajstić information content (AvgIpc) is 1.57. The van der Waals surface area contributed by atoms with Crippen LogP contribution in [0.5, 0.6) is 11.8 Å². The summed E-state index contributed by atoms with van der Waals surface area (Å²) in [6, 6.07) is 7.69. The number of sulfonamides is 2. The summed E-state index contributed by atoms with van der Waals surface area (Å²) in [5.41, 5.74) is 8.43. The van der Waals surface area contributed by atoms with Crippen molar-refractivity contribution in [3.05, 3.63) is 84.2 Å². The number of fused-ring (bicyclic) bond motifs is 10. The number of ether oxygens (including phenoxy) is 4. The predicted molar refractivity (Wildman–Crippen MR) is 422 cm³/mol. The third kappa shape index (κ3) is 20.7. The van der Waals surface area contributed by atoms with Crippen LogP contribution in [0.2, 0.25) is 0 Å². The van der Waals surface area contributed by atoms with Gasteiger partial charge in [0.05, 0.1) is 57.1 Å². The van der Waals surface area contributed by atoms with Gasteiger partial charge in [-0.15, -0.1) is 13.2 Å². The number of carbonyl (C=O) groups is 8. The number of benzene rings is 2. The molecule has 30 heteroatoms. The van der Waals surface area contributed by atoms with Crippen LogP contribution in [0, 0.1) is 53.8 Å². The van der Waals surface area contributed by atoms with Gasteiger partial charge >= 0.3 is 18.2 Å². The van der Waals surface area contributed by atoms with E-state index in [2.05, 4.69) is 28.5 Å². The Morgan fingerprint density at radius 2 is 1.00 bits per heavy atom. The molecule has 6 saturated carbocycles. The van der Waals surface area contributed by atoms with Crippen LogP contribution < -0.4 is 35.3 Å². The SMILES string of the molecule is C.C.C.C.C=CC1C[C@]1(CC(=O)[C@@H]1CC2CN1C(=O)C(C(C)(C)C)NC(=O)O[C@@H]1C[C@H]1CCCCCc1nc3ccc(C)cc3nc1O2)C(=O)NS(=O)(=O)C1CC1.C=C[C@@H]1C[C@]1(N)C(=O)NS(=O)(=O)C1CC1.Cc1ccc2nc3c(nc2c1)OC1C[C@@H](C(=O)O)N(C1)C(=O)C(C(C)(C)C)NC(=O)O[C@@H]1C[C@H]1CCCCC3. The van der Waals surface area contributed by atoms with Crippen LogP contribution in [-0.4, -0.2) is 177 Å². The van der Waals surface area contributed by atoms with E-state index >= 15 is 0 Å². The molecule has 2 aromatic carbocycles. The number of carboxylic acids is 1. The highest BCUT2D eigenvalue weighted by atomic mass is 32.2. The van der Waals surface area contributed by atoms with Crippen LogP contribution in [0.4, 0.5) is 9.59 Å². The number of rotatable bonds is 12. The molecule has 6 heterocycles. The summed E-state index contributed by atoms with van der Waals surface area (Å²) in [7, 11) is -7.33. The number of amides is 6. The van der Waals surface area contributed by atoms with Crippen LogP contribution in [0.1, 0.15) is 216 Å². The van der Waals surface area contributed by atoms with E-state index in [0.29, 0.717) is 79.4 Å². The molecule has 0 radical (unpaired) electrons. The summed E-state index contributed by atoms with van der Waals surface area (Å²) in [5, 5.41) is 14.6. The Kier molecular flexibility index (Phi) is 27.4. The molecular weight excluding hydrogens is 1460 g/mol. The van der Waals surface area contributed by atoms with Crippen molar-refractivity contribution in [2.75, 3.05) is 13.1 Å². The van der Waals surface area contributed by atoms with Crippen LogP contribution in [0.25, 0.3) is 22.1 Å². The first-order valence-corrected chi connectivity index (χ1v) is 40.9. The van der Waals surface area contributed by atoms with E-state index in [9.17, 15) is 60.3 Å². The molecule has 14 rings (SSSR count). The summed E-state index contributed by atoms with van der Waals surface area (Å²) in [4.78, 5) is 128. The smallest absolute Gasteiger partial charge is 0.408 e. The number of carbonyl (C=O) groups excluding carboxylic acids is 7. The number of nitrogens with one attached hydrogen (secondary N) is 4. The lowest BCUT2D eigenvalue weighted by molar-refractivity contribution is -0.150. The van der Waals surface area contributed by atoms with Crippen molar-refractivity contribution >= 4 is 89.7 Å². The number of nitrogens with zero attached hydrogens (tertiary/aromatic N) is 6. The van der Waals surface area contributed by atoms with Crippen LogP contribution in [-0.2, 0) is 71.1 Å². The molecule has 612 valence electrons. The summed E-state index contributed by atoms with van der Waals surface area (Å²) in [5.74, 6) is -2.90. The number of alkyl carbamates (subject to hydrolysis) is 2. The third-order valence-electron chi connectivity index (χ3n) is 22.5. The molecule has 2 aromatic heterocycles. The van der Waals surface area contributed by atoms with E-state index < -0.39 is 142 Å². The quantitative estimate of drug-likeness (QED) is 0.0718. The first-order valence-electron chi connectivity index (χ1n) is 37.8. The first kappa shape index (κ1) is 88.2. The maximum Gasteiger partial charge on any atom is 0.408 e.